The number of sulfone groups is 1. The Bertz CT molecular complexity index is 4110. The topological polar surface area (TPSA) is 274 Å². The van der Waals surface area contributed by atoms with Gasteiger partial charge in [-0.2, -0.15) is 5.06 Å². The third kappa shape index (κ3) is 17.0. The number of fused-ring (bicyclic) bond motifs is 2. The molecular weight excluding hydrogens is 1170 g/mol. The van der Waals surface area contributed by atoms with Crippen LogP contribution in [0.25, 0.3) is 44.5 Å². The van der Waals surface area contributed by atoms with Crippen LogP contribution in [0.2, 0.25) is 10.0 Å². The van der Waals surface area contributed by atoms with Crippen LogP contribution in [-0.2, 0) is 52.1 Å². The molecule has 0 fully saturated rings. The summed E-state index contributed by atoms with van der Waals surface area (Å²) in [6.45, 7) is 0.265. The van der Waals surface area contributed by atoms with Crippen LogP contribution < -0.4 is 25.8 Å². The second kappa shape index (κ2) is 27.7. The summed E-state index contributed by atoms with van der Waals surface area (Å²) in [6, 6.07) is 40.8. The van der Waals surface area contributed by atoms with E-state index in [9.17, 15) is 36.0 Å². The van der Waals surface area contributed by atoms with E-state index in [1.165, 1.54) is 36.9 Å². The molecule has 1 atom stereocenters. The smallest absolute Gasteiger partial charge is 0.423 e. The van der Waals surface area contributed by atoms with Crippen LogP contribution in [0.5, 0.6) is 11.5 Å². The predicted octanol–water partition coefficient (Wildman–Crippen LogP) is 11.9. The zero-order chi connectivity index (χ0) is 59.3. The number of aromatic nitrogens is 4. The number of carbonyl (C=O) groups is 1. The van der Waals surface area contributed by atoms with E-state index in [4.69, 9.17) is 52.1 Å². The van der Waals surface area contributed by atoms with Crippen LogP contribution in [-0.4, -0.2) is 89.4 Å². The molecule has 0 aliphatic heterocycles. The summed E-state index contributed by atoms with van der Waals surface area (Å²) in [7, 11) is -3.19. The molecule has 0 bridgehead atoms. The number of carbonyl (C=O) groups excluding carboxylic acids is 1. The van der Waals surface area contributed by atoms with E-state index in [1.54, 1.807) is 84.9 Å². The van der Waals surface area contributed by atoms with Gasteiger partial charge in [-0.1, -0.05) is 58.5 Å². The molecule has 4 heterocycles. The number of nitrogens with two attached hydrogens (primary N) is 1. The van der Waals surface area contributed by atoms with Gasteiger partial charge in [0, 0.05) is 58.4 Å². The summed E-state index contributed by atoms with van der Waals surface area (Å²) in [5.41, 5.74) is 10.7. The number of benzene rings is 6. The second-order valence-corrected chi connectivity index (χ2v) is 22.7. The Morgan fingerprint density at radius 1 is 0.679 bits per heavy atom. The number of nitrogens with zero attached hydrogens (tertiary/aromatic N) is 6. The van der Waals surface area contributed by atoms with E-state index in [-0.39, 0.29) is 62.5 Å². The van der Waals surface area contributed by atoms with E-state index in [0.29, 0.717) is 95.1 Å². The average Bonchev–Trinajstić information content (AvgIpc) is 2.98. The third-order valence-corrected chi connectivity index (χ3v) is 14.3. The Morgan fingerprint density at radius 2 is 1.18 bits per heavy atom. The summed E-state index contributed by atoms with van der Waals surface area (Å²) in [6.07, 6.45) is 2.95. The first-order chi connectivity index (χ1) is 40.4. The molecule has 0 aliphatic carbocycles. The normalized spacial score (nSPS) is 11.8. The van der Waals surface area contributed by atoms with Gasteiger partial charge in [0.15, 0.2) is 0 Å². The standard InChI is InChI=1S/C29H25ClFN5O6S.C29H26ClFN4O5S/c30-24-14-21(5-8-27(24)40-16-18-2-1-3-20(31)12-18)35-28-23-13-19(4-7-25(23)33-17-34-28)26-9-6-22(41-26)15-36(42-29(32)37)10-11-43(38)39;1-41(37,38)12-11-35(36)16-23-7-10-27(40-23)20-5-8-26-24(14-20)29(33-18-32-26)34-22-6-9-28(25(30)15-22)39-17-19-3-2-4-21(31)13-19/h1-9,12-14,17H,10-11,15-16H2,(H2,32,37)(H,38,39)(H,33,34,35);2-10,13-15,18,36H,11-12,16-17H2,1H3,(H,32,33,34)/p-1. The highest BCUT2D eigenvalue weighted by Gasteiger charge is 2.18. The van der Waals surface area contributed by atoms with Crippen LogP contribution in [0, 0.1) is 11.6 Å². The van der Waals surface area contributed by atoms with Crippen molar-refractivity contribution in [3.05, 3.63) is 203 Å². The SMILES string of the molecule is CS(=O)(=O)CCN(O)Cc1ccc(-c2ccc3ncnc(Nc4ccc(OCc5cccc(F)c5)c(Cl)c4)c3c2)o1.NC(=O)ON(CCS(=O)[O-])Cc1ccc(-c2ccc3ncnc(Nc4ccc(OCc5cccc(F)c5)c(Cl)c4)c3c2)o1. The summed E-state index contributed by atoms with van der Waals surface area (Å²) < 4.78 is 94.8. The zero-order valence-electron chi connectivity index (χ0n) is 44.3. The number of primary amides is 1. The average molecular weight is 1220 g/mol. The van der Waals surface area contributed by atoms with Gasteiger partial charge in [0.1, 0.15) is 93.5 Å². The van der Waals surface area contributed by atoms with Gasteiger partial charge in [-0.15, -0.1) is 5.06 Å². The molecule has 1 unspecified atom stereocenters. The molecule has 4 aromatic heterocycles. The molecule has 0 radical (unpaired) electrons. The fraction of sp³-hybridized carbons (Fsp3) is 0.155. The molecule has 20 nitrogen and oxygen atoms in total. The number of halogens is 4. The van der Waals surface area contributed by atoms with Gasteiger partial charge in [-0.05, 0) is 132 Å². The lowest BCUT2D eigenvalue weighted by molar-refractivity contribution is -0.102. The van der Waals surface area contributed by atoms with E-state index >= 15 is 0 Å². The number of ether oxygens (including phenoxy) is 2. The minimum Gasteiger partial charge on any atom is -0.772 e. The lowest BCUT2D eigenvalue weighted by Gasteiger charge is -2.19. The predicted molar refractivity (Wildman–Crippen MR) is 312 cm³/mol. The highest BCUT2D eigenvalue weighted by atomic mass is 35.5. The molecule has 6 aromatic carbocycles. The number of hydrogen-bond donors (Lipinski definition) is 4. The van der Waals surface area contributed by atoms with Crippen molar-refractivity contribution in [2.75, 3.05) is 41.5 Å². The first-order valence-corrected chi connectivity index (χ1v) is 29.4. The molecule has 0 spiro atoms. The van der Waals surface area contributed by atoms with Crippen LogP contribution in [0.4, 0.5) is 36.6 Å². The van der Waals surface area contributed by atoms with Gasteiger partial charge in [-0.25, -0.2) is 41.9 Å². The lowest BCUT2D eigenvalue weighted by Crippen LogP contribution is -2.32. The van der Waals surface area contributed by atoms with E-state index in [0.717, 1.165) is 32.9 Å². The van der Waals surface area contributed by atoms with E-state index in [1.807, 2.05) is 36.4 Å². The van der Waals surface area contributed by atoms with E-state index < -0.39 is 27.0 Å². The van der Waals surface area contributed by atoms with Crippen molar-refractivity contribution in [2.24, 2.45) is 5.73 Å². The van der Waals surface area contributed by atoms with Crippen molar-refractivity contribution in [3.8, 4) is 34.1 Å². The van der Waals surface area contributed by atoms with Gasteiger partial charge in [0.05, 0.1) is 39.9 Å². The van der Waals surface area contributed by atoms with Crippen LogP contribution in [0.3, 0.4) is 0 Å². The first kappa shape index (κ1) is 60.0. The highest BCUT2D eigenvalue weighted by Crippen LogP contribution is 2.35. The molecular formula is C58H50Cl2F2N9O11S2-. The molecule has 5 N–H and O–H groups in total. The summed E-state index contributed by atoms with van der Waals surface area (Å²) in [5.74, 6) is 2.88. The summed E-state index contributed by atoms with van der Waals surface area (Å²) >= 11 is 10.6. The van der Waals surface area contributed by atoms with Crippen molar-refractivity contribution in [1.29, 1.82) is 0 Å². The van der Waals surface area contributed by atoms with Gasteiger partial charge >= 0.3 is 6.09 Å². The van der Waals surface area contributed by atoms with Gasteiger partial charge in [-0.3, -0.25) is 4.21 Å². The van der Waals surface area contributed by atoms with E-state index in [2.05, 4.69) is 30.6 Å². The summed E-state index contributed by atoms with van der Waals surface area (Å²) in [4.78, 5) is 33.6. The quantitative estimate of drug-likeness (QED) is 0.0342. The van der Waals surface area contributed by atoms with Crippen LogP contribution >= 0.6 is 23.2 Å². The molecule has 0 aliphatic rings. The number of rotatable bonds is 23. The Morgan fingerprint density at radius 3 is 1.63 bits per heavy atom. The maximum absolute atomic E-state index is 13.5. The van der Waals surface area contributed by atoms with Gasteiger partial charge in [0.2, 0.25) is 0 Å². The van der Waals surface area contributed by atoms with Crippen molar-refractivity contribution < 1.29 is 59.1 Å². The Hall–Kier alpha value is -8.59. The molecule has 10 aromatic rings. The minimum atomic E-state index is -3.19. The Kier molecular flexibility index (Phi) is 19.8. The van der Waals surface area contributed by atoms with Gasteiger partial charge in [0.25, 0.3) is 0 Å². The maximum atomic E-state index is 13.5. The van der Waals surface area contributed by atoms with Crippen molar-refractivity contribution in [1.82, 2.24) is 30.1 Å². The molecule has 434 valence electrons. The largest absolute Gasteiger partial charge is 0.772 e. The van der Waals surface area contributed by atoms with Gasteiger partial charge < -0.3 is 49.3 Å². The van der Waals surface area contributed by atoms with Crippen molar-refractivity contribution >= 4 is 95.0 Å². The number of nitrogens with one attached hydrogen (secondary N) is 2. The number of amides is 1. The fourth-order valence-corrected chi connectivity index (χ4v) is 9.63. The first-order valence-electron chi connectivity index (χ1n) is 25.3. The molecule has 10 rings (SSSR count). The summed E-state index contributed by atoms with van der Waals surface area (Å²) in [5, 5.41) is 20.8. The number of hydrogen-bond acceptors (Lipinski definition) is 19. The maximum Gasteiger partial charge on any atom is 0.423 e. The minimum absolute atomic E-state index is 0.00760. The van der Waals surface area contributed by atoms with Crippen LogP contribution in [0.1, 0.15) is 22.6 Å². The Labute approximate surface area is 491 Å². The molecule has 1 amide bonds. The zero-order valence-corrected chi connectivity index (χ0v) is 47.4. The van der Waals surface area contributed by atoms with Crippen LogP contribution in [0.15, 0.2) is 167 Å². The second-order valence-electron chi connectivity index (χ2n) is 18.6. The number of anilines is 4. The molecule has 0 saturated heterocycles. The van der Waals surface area contributed by atoms with Crippen molar-refractivity contribution in [2.45, 2.75) is 26.3 Å². The Balaban J connectivity index is 0.000000202. The molecule has 0 saturated carbocycles. The highest BCUT2D eigenvalue weighted by molar-refractivity contribution is 7.90. The monoisotopic (exact) mass is 1220 g/mol. The fourth-order valence-electron chi connectivity index (χ4n) is 8.26. The van der Waals surface area contributed by atoms with Crippen molar-refractivity contribution in [3.63, 3.8) is 0 Å². The number of furan rings is 2. The number of hydroxylamine groups is 4. The molecule has 26 heteroatoms. The lowest BCUT2D eigenvalue weighted by atomic mass is 10.1. The third-order valence-electron chi connectivity index (χ3n) is 12.2. The molecule has 84 heavy (non-hydrogen) atoms.